The van der Waals surface area contributed by atoms with E-state index in [1.165, 1.54) is 9.80 Å². The second kappa shape index (κ2) is 28.2. The third-order valence-corrected chi connectivity index (χ3v) is 16.9. The molecule has 4 saturated heterocycles. The van der Waals surface area contributed by atoms with Crippen LogP contribution in [0.4, 0.5) is 0 Å². The number of primary amides is 1. The van der Waals surface area contributed by atoms with Crippen molar-refractivity contribution in [3.05, 3.63) is 41.5 Å². The lowest BCUT2D eigenvalue weighted by Gasteiger charge is -2.29. The van der Waals surface area contributed by atoms with Crippen molar-refractivity contribution in [1.29, 1.82) is 0 Å². The van der Waals surface area contributed by atoms with Gasteiger partial charge in [-0.2, -0.15) is 12.6 Å². The average molecular weight is 1070 g/mol. The zero-order valence-corrected chi connectivity index (χ0v) is 44.5. The number of Topliss-reactive ketones (excluding diaryl/α,β-unsaturated/α-hetero) is 2. The number of thioether (sulfide) groups is 2. The Kier molecular flexibility index (Phi) is 22.2. The SMILES string of the molecule is CN(C)CCCC[C@@H]1CC(=O)[C@H](CS)SC(=O)C[C@@H](C(=O)N2CCC[C@H]2C(N)=O)NC(=O)[C@H](CCCCNC(=O)[C@@H]2CSCN2)CC(=O)[C@@H]2CCCN2C(=O)COC(=O)[C@H](CC2=CCc3ccccc32)NC1=O. The normalized spacial score (nSPS) is 27.1. The molecule has 73 heavy (non-hydrogen) atoms. The van der Waals surface area contributed by atoms with E-state index in [4.69, 9.17) is 10.5 Å². The number of thiol groups is 1. The van der Waals surface area contributed by atoms with Crippen molar-refractivity contribution >= 4 is 99.8 Å². The van der Waals surface area contributed by atoms with Gasteiger partial charge in [-0.25, -0.2) is 4.79 Å². The minimum Gasteiger partial charge on any atom is -0.454 e. The van der Waals surface area contributed by atoms with Gasteiger partial charge in [-0.1, -0.05) is 54.9 Å². The minimum atomic E-state index is -1.51. The molecule has 4 fully saturated rings. The van der Waals surface area contributed by atoms with Gasteiger partial charge in [0.15, 0.2) is 17.5 Å². The Morgan fingerprint density at radius 2 is 1.59 bits per heavy atom. The van der Waals surface area contributed by atoms with Gasteiger partial charge in [-0.15, -0.1) is 11.8 Å². The van der Waals surface area contributed by atoms with Crippen molar-refractivity contribution in [2.24, 2.45) is 17.6 Å². The molecule has 6 N–H and O–H groups in total. The van der Waals surface area contributed by atoms with Crippen LogP contribution in [0, 0.1) is 11.8 Å². The molecule has 0 aromatic heterocycles. The van der Waals surface area contributed by atoms with Gasteiger partial charge in [0, 0.05) is 74.5 Å². The molecule has 0 saturated carbocycles. The fourth-order valence-electron chi connectivity index (χ4n) is 10.2. The number of nitrogens with zero attached hydrogens (tertiary/aromatic N) is 3. The Labute approximate surface area is 441 Å². The number of likely N-dealkylation sites (tertiary alicyclic amines) is 1. The molecule has 1 aromatic rings. The number of cyclic esters (lactones) is 1. The van der Waals surface area contributed by atoms with E-state index >= 15 is 0 Å². The Morgan fingerprint density at radius 1 is 0.877 bits per heavy atom. The van der Waals surface area contributed by atoms with Gasteiger partial charge in [-0.05, 0) is 95.1 Å². The molecule has 6 amide bonds. The largest absolute Gasteiger partial charge is 0.454 e. The molecule has 0 bridgehead atoms. The zero-order valence-electron chi connectivity index (χ0n) is 41.9. The Hall–Kier alpha value is -4.77. The molecule has 5 aliphatic rings. The number of fused-ring (bicyclic) bond motifs is 2. The van der Waals surface area contributed by atoms with Crippen molar-refractivity contribution in [2.75, 3.05) is 64.3 Å². The van der Waals surface area contributed by atoms with Gasteiger partial charge >= 0.3 is 5.97 Å². The summed E-state index contributed by atoms with van der Waals surface area (Å²) in [7, 11) is 3.85. The summed E-state index contributed by atoms with van der Waals surface area (Å²) in [6, 6.07) is 2.70. The van der Waals surface area contributed by atoms with Gasteiger partial charge in [0.05, 0.1) is 17.3 Å². The highest BCUT2D eigenvalue weighted by molar-refractivity contribution is 8.15. The predicted octanol–water partition coefficient (Wildman–Crippen LogP) is 1.79. The zero-order chi connectivity index (χ0) is 52.6. The first-order valence-electron chi connectivity index (χ1n) is 25.6. The molecule has 1 aromatic carbocycles. The fourth-order valence-corrected chi connectivity index (χ4v) is 12.5. The van der Waals surface area contributed by atoms with Crippen LogP contribution in [0.2, 0.25) is 0 Å². The first-order valence-corrected chi connectivity index (χ1v) is 28.2. The molecule has 8 atom stereocenters. The minimum absolute atomic E-state index is 0.0374. The van der Waals surface area contributed by atoms with Gasteiger partial charge in [0.2, 0.25) is 29.5 Å². The summed E-state index contributed by atoms with van der Waals surface area (Å²) < 4.78 is 5.69. The van der Waals surface area contributed by atoms with Crippen molar-refractivity contribution in [2.45, 2.75) is 132 Å². The van der Waals surface area contributed by atoms with E-state index in [9.17, 15) is 47.9 Å². The van der Waals surface area contributed by atoms with Gasteiger partial charge in [0.1, 0.15) is 23.9 Å². The summed E-state index contributed by atoms with van der Waals surface area (Å²) >= 11 is 6.69. The monoisotopic (exact) mass is 1070 g/mol. The average Bonchev–Trinajstić information content (AvgIpc) is 4.22. The summed E-state index contributed by atoms with van der Waals surface area (Å²) in [5, 5.41) is 9.93. The number of hydrogen-bond acceptors (Lipinski definition) is 16. The van der Waals surface area contributed by atoms with Crippen LogP contribution in [0.15, 0.2) is 30.3 Å². The maximum atomic E-state index is 14.5. The van der Waals surface area contributed by atoms with E-state index in [2.05, 4.69) is 33.9 Å². The number of unbranched alkanes of at least 4 members (excludes halogenated alkanes) is 2. The molecule has 22 heteroatoms. The number of hydrogen-bond donors (Lipinski definition) is 6. The van der Waals surface area contributed by atoms with E-state index in [1.807, 2.05) is 49.3 Å². The predicted molar refractivity (Wildman–Crippen MR) is 281 cm³/mol. The highest BCUT2D eigenvalue weighted by Gasteiger charge is 2.41. The summed E-state index contributed by atoms with van der Waals surface area (Å²) in [5.41, 5.74) is 8.46. The van der Waals surface area contributed by atoms with Crippen molar-refractivity contribution in [3.8, 4) is 0 Å². The van der Waals surface area contributed by atoms with Crippen LogP contribution in [0.25, 0.3) is 5.57 Å². The standard InChI is InChI=1S/C51H72N8O11S3/c1-57(2)20-8-6-13-34-25-42(61)43(28-71)73-45(63)26-36(50(68)59-22-10-16-40(59)46(52)64)55-47(65)33(12-5-7-19-53-49(67)38-29-72-30-54-38)24-41(60)39-15-9-21-58(39)44(62)27-70-51(69)37(56-48(34)66)23-32-18-17-31-11-3-4-14-35(31)32/h3-4,11,14,18,33-34,36-40,43,54,71H,5-10,12-13,15-17,19-30H2,1-2H3,(H2,52,64)(H,53,67)(H,55,65)(H,56,66)/t33-,34-,36+,37+,38+,39+,40+,43+/m1/s1. The van der Waals surface area contributed by atoms with E-state index in [-0.39, 0.29) is 75.7 Å². The Balaban J connectivity index is 1.29. The smallest absolute Gasteiger partial charge is 0.329 e. The lowest BCUT2D eigenvalue weighted by atomic mass is 9.91. The molecular weight excluding hydrogens is 997 g/mol. The topological polar surface area (TPSA) is 264 Å². The number of amides is 6. The summed E-state index contributed by atoms with van der Waals surface area (Å²) in [6.07, 6.45) is 5.40. The number of rotatable bonds is 16. The lowest BCUT2D eigenvalue weighted by Crippen LogP contribution is -2.54. The Bertz CT molecular complexity index is 2240. The third kappa shape index (κ3) is 16.4. The van der Waals surface area contributed by atoms with Crippen LogP contribution in [0.3, 0.4) is 0 Å². The number of carbonyl (C=O) groups is 10. The molecule has 400 valence electrons. The second-order valence-corrected chi connectivity index (χ2v) is 22.5. The molecule has 4 heterocycles. The van der Waals surface area contributed by atoms with Crippen LogP contribution >= 0.6 is 36.2 Å². The van der Waals surface area contributed by atoms with Gasteiger partial charge in [-0.3, -0.25) is 48.5 Å². The molecule has 0 unspecified atom stereocenters. The quantitative estimate of drug-likeness (QED) is 0.0784. The maximum Gasteiger partial charge on any atom is 0.329 e. The third-order valence-electron chi connectivity index (χ3n) is 14.2. The number of ketones is 2. The molecule has 19 nitrogen and oxygen atoms in total. The first kappa shape index (κ1) is 57.5. The van der Waals surface area contributed by atoms with E-state index in [0.717, 1.165) is 23.2 Å². The molecular formula is C51H72N8O11S3. The number of benzene rings is 1. The molecule has 6 rings (SSSR count). The van der Waals surface area contributed by atoms with E-state index in [1.54, 1.807) is 11.8 Å². The number of carbonyl (C=O) groups excluding carboxylic acids is 10. The van der Waals surface area contributed by atoms with Crippen LogP contribution in [-0.4, -0.2) is 173 Å². The van der Waals surface area contributed by atoms with Crippen molar-refractivity contribution < 1.29 is 52.7 Å². The number of nitrogens with one attached hydrogen (secondary N) is 4. The lowest BCUT2D eigenvalue weighted by molar-refractivity contribution is -0.155. The fraction of sp³-hybridized carbons (Fsp3) is 0.647. The number of ether oxygens (including phenoxy) is 1. The van der Waals surface area contributed by atoms with Crippen LogP contribution in [-0.2, 0) is 59.1 Å². The highest BCUT2D eigenvalue weighted by atomic mass is 32.2. The molecule has 1 aliphatic carbocycles. The van der Waals surface area contributed by atoms with E-state index < -0.39 is 106 Å². The summed E-state index contributed by atoms with van der Waals surface area (Å²) in [4.78, 5) is 144. The van der Waals surface area contributed by atoms with Gasteiger partial charge < -0.3 is 41.1 Å². The van der Waals surface area contributed by atoms with Crippen molar-refractivity contribution in [1.82, 2.24) is 36.0 Å². The second-order valence-electron chi connectivity index (χ2n) is 19.8. The maximum absolute atomic E-state index is 14.5. The number of allylic oxidation sites excluding steroid dienone is 1. The van der Waals surface area contributed by atoms with Crippen LogP contribution < -0.4 is 27.0 Å². The van der Waals surface area contributed by atoms with Gasteiger partial charge in [0.25, 0.3) is 5.91 Å². The van der Waals surface area contributed by atoms with E-state index in [0.29, 0.717) is 74.9 Å². The number of nitrogens with two attached hydrogens (primary N) is 1. The summed E-state index contributed by atoms with van der Waals surface area (Å²) in [5.74, 6) is -6.06. The highest BCUT2D eigenvalue weighted by Crippen LogP contribution is 2.32. The van der Waals surface area contributed by atoms with Crippen LogP contribution in [0.1, 0.15) is 101 Å². The first-order chi connectivity index (χ1) is 35.0. The number of esters is 1. The van der Waals surface area contributed by atoms with Crippen molar-refractivity contribution in [3.63, 3.8) is 0 Å². The molecule has 0 spiro atoms. The Morgan fingerprint density at radius 3 is 2.30 bits per heavy atom. The summed E-state index contributed by atoms with van der Waals surface area (Å²) in [6.45, 7) is 0.639. The molecule has 4 aliphatic heterocycles. The van der Waals surface area contributed by atoms with Crippen LogP contribution in [0.5, 0.6) is 0 Å². The molecule has 0 radical (unpaired) electrons.